The Morgan fingerprint density at radius 3 is 1.04 bits per heavy atom. The molecule has 150 valence electrons. The number of hydrogen-bond donors (Lipinski definition) is 1. The van der Waals surface area contributed by atoms with Gasteiger partial charge in [-0.15, -0.1) is 0 Å². The highest BCUT2D eigenvalue weighted by atomic mass is 19.4. The molecule has 28 heavy (non-hydrogen) atoms. The second-order valence-corrected chi connectivity index (χ2v) is 5.58. The molecule has 1 N–H and O–H groups in total. The quantitative estimate of drug-likeness (QED) is 0.390. The van der Waals surface area contributed by atoms with Crippen molar-refractivity contribution in [3.8, 4) is 0 Å². The first-order valence-electron chi connectivity index (χ1n) is 7.74. The monoisotopic (exact) mass is 407 g/mol. The fourth-order valence-corrected chi connectivity index (χ4v) is 2.16. The molecule has 1 nitrogen and oxygen atoms in total. The summed E-state index contributed by atoms with van der Waals surface area (Å²) in [5.74, 6) is -24.5. The lowest BCUT2D eigenvalue weighted by Gasteiger charge is -2.22. The predicted molar refractivity (Wildman–Crippen MR) is 88.8 cm³/mol. The number of alkyl halides is 6. The average Bonchev–Trinajstić information content (AvgIpc) is 3.28. The van der Waals surface area contributed by atoms with Gasteiger partial charge in [-0.25, -0.2) is 8.78 Å². The van der Waals surface area contributed by atoms with Gasteiger partial charge in [0.1, 0.15) is 0 Å². The number of aromatic amines is 1. The van der Waals surface area contributed by atoms with E-state index in [4.69, 9.17) is 0 Å². The van der Waals surface area contributed by atoms with E-state index in [0.717, 1.165) is 0 Å². The summed E-state index contributed by atoms with van der Waals surface area (Å²) in [5.41, 5.74) is 0. The van der Waals surface area contributed by atoms with Crippen molar-refractivity contribution in [2.45, 2.75) is 17.8 Å². The van der Waals surface area contributed by atoms with E-state index in [1.54, 1.807) is 0 Å². The highest BCUT2D eigenvalue weighted by Crippen LogP contribution is 2.59. The molecule has 0 radical (unpaired) electrons. The minimum Gasteiger partial charge on any atom is -0.368 e. The molecule has 0 unspecified atom stereocenters. The minimum atomic E-state index is -6.06. The molecule has 0 saturated heterocycles. The molecule has 0 spiro atoms. The van der Waals surface area contributed by atoms with Gasteiger partial charge in [0.25, 0.3) is 0 Å². The Morgan fingerprint density at radius 2 is 0.857 bits per heavy atom. The molecule has 2 aromatic carbocycles. The zero-order chi connectivity index (χ0) is 21.0. The lowest BCUT2D eigenvalue weighted by atomic mass is 10.1. The molecule has 1 aromatic heterocycles. The molecule has 1 aliphatic rings. The molecule has 4 rings (SSSR count). The molecule has 1 aliphatic carbocycles. The standard InChI is InChI=1S/C10H8.C5F8.C4H5N/c1-2-6-10-8-4-3-7-9(10)5-1;6-1-2(7)4(10,11)5(12,13)3(1,8)9;1-2-4-5-3-1/h1-8H;;1-5H. The van der Waals surface area contributed by atoms with Crippen LogP contribution in [-0.4, -0.2) is 22.8 Å². The lowest BCUT2D eigenvalue weighted by molar-refractivity contribution is -0.271. The Kier molecular flexibility index (Phi) is 6.16. The van der Waals surface area contributed by atoms with E-state index >= 15 is 0 Å². The largest absolute Gasteiger partial charge is 0.385 e. The molecule has 9 heteroatoms. The number of fused-ring (bicyclic) bond motifs is 1. The van der Waals surface area contributed by atoms with Gasteiger partial charge in [0.05, 0.1) is 0 Å². The van der Waals surface area contributed by atoms with Crippen LogP contribution in [0.2, 0.25) is 0 Å². The van der Waals surface area contributed by atoms with E-state index in [-0.39, 0.29) is 0 Å². The fourth-order valence-electron chi connectivity index (χ4n) is 2.16. The zero-order valence-electron chi connectivity index (χ0n) is 14.0. The van der Waals surface area contributed by atoms with Crippen molar-refractivity contribution in [1.29, 1.82) is 0 Å². The smallest absolute Gasteiger partial charge is 0.368 e. The second kappa shape index (κ2) is 8.04. The van der Waals surface area contributed by atoms with Gasteiger partial charge in [-0.1, -0.05) is 48.5 Å². The van der Waals surface area contributed by atoms with Gasteiger partial charge >= 0.3 is 17.8 Å². The summed E-state index contributed by atoms with van der Waals surface area (Å²) in [6, 6.07) is 20.6. The fraction of sp³-hybridized carbons (Fsp3) is 0.158. The number of H-pyrrole nitrogens is 1. The van der Waals surface area contributed by atoms with Crippen LogP contribution in [0.25, 0.3) is 10.8 Å². The Balaban J connectivity index is 0.000000164. The van der Waals surface area contributed by atoms with Gasteiger partial charge in [-0.2, -0.15) is 26.3 Å². The molecule has 0 bridgehead atoms. The topological polar surface area (TPSA) is 15.8 Å². The van der Waals surface area contributed by atoms with Crippen LogP contribution in [0.15, 0.2) is 84.7 Å². The van der Waals surface area contributed by atoms with Crippen molar-refractivity contribution < 1.29 is 35.1 Å². The van der Waals surface area contributed by atoms with Crippen LogP contribution in [0.5, 0.6) is 0 Å². The van der Waals surface area contributed by atoms with E-state index in [1.165, 1.54) is 10.8 Å². The Hall–Kier alpha value is -2.84. The average molecular weight is 407 g/mol. The zero-order valence-corrected chi connectivity index (χ0v) is 14.0. The summed E-state index contributed by atoms with van der Waals surface area (Å²) < 4.78 is 95.6. The summed E-state index contributed by atoms with van der Waals surface area (Å²) in [6.07, 6.45) is 3.75. The Labute approximate surface area is 154 Å². The van der Waals surface area contributed by atoms with Crippen LogP contribution >= 0.6 is 0 Å². The first kappa shape index (κ1) is 21.5. The van der Waals surface area contributed by atoms with Crippen molar-refractivity contribution in [2.24, 2.45) is 0 Å². The Morgan fingerprint density at radius 1 is 0.536 bits per heavy atom. The third-order valence-corrected chi connectivity index (χ3v) is 3.69. The molecule has 0 saturated carbocycles. The van der Waals surface area contributed by atoms with Crippen molar-refractivity contribution in [2.75, 3.05) is 0 Å². The molecule has 0 amide bonds. The second-order valence-electron chi connectivity index (χ2n) is 5.58. The van der Waals surface area contributed by atoms with Crippen LogP contribution in [-0.2, 0) is 0 Å². The molecular formula is C19H13F8N. The maximum atomic E-state index is 12.0. The molecule has 0 fully saturated rings. The van der Waals surface area contributed by atoms with E-state index in [0.29, 0.717) is 0 Å². The maximum absolute atomic E-state index is 12.0. The Bertz CT molecular complexity index is 823. The van der Waals surface area contributed by atoms with Crippen LogP contribution in [0, 0.1) is 0 Å². The normalized spacial score (nSPS) is 18.7. The van der Waals surface area contributed by atoms with Gasteiger partial charge in [-0.3, -0.25) is 0 Å². The summed E-state index contributed by atoms with van der Waals surface area (Å²) >= 11 is 0. The van der Waals surface area contributed by atoms with Gasteiger partial charge < -0.3 is 4.98 Å². The molecule has 0 atom stereocenters. The van der Waals surface area contributed by atoms with Crippen LogP contribution in [0.1, 0.15) is 0 Å². The number of aromatic nitrogens is 1. The third kappa shape index (κ3) is 3.88. The predicted octanol–water partition coefficient (Wildman–Crippen LogP) is 6.91. The molecule has 3 aromatic rings. The third-order valence-electron chi connectivity index (χ3n) is 3.69. The number of benzene rings is 2. The summed E-state index contributed by atoms with van der Waals surface area (Å²) in [6.45, 7) is 0. The van der Waals surface area contributed by atoms with Crippen molar-refractivity contribution in [3.05, 3.63) is 84.7 Å². The highest BCUT2D eigenvalue weighted by molar-refractivity contribution is 5.82. The first-order chi connectivity index (χ1) is 13.0. The van der Waals surface area contributed by atoms with Gasteiger partial charge in [0.15, 0.2) is 0 Å². The molecule has 1 heterocycles. The molecular weight excluding hydrogens is 394 g/mol. The first-order valence-corrected chi connectivity index (χ1v) is 7.74. The highest BCUT2D eigenvalue weighted by Gasteiger charge is 2.82. The molecule has 0 aliphatic heterocycles. The van der Waals surface area contributed by atoms with E-state index in [2.05, 4.69) is 53.5 Å². The number of rotatable bonds is 0. The van der Waals surface area contributed by atoms with Crippen molar-refractivity contribution >= 4 is 10.8 Å². The lowest BCUT2D eigenvalue weighted by Crippen LogP contribution is -2.48. The van der Waals surface area contributed by atoms with Crippen LogP contribution < -0.4 is 0 Å². The maximum Gasteiger partial charge on any atom is 0.385 e. The number of hydrogen-bond acceptors (Lipinski definition) is 0. The van der Waals surface area contributed by atoms with Crippen molar-refractivity contribution in [3.63, 3.8) is 0 Å². The SMILES string of the molecule is FC1=C(F)C(F)(F)C(F)(F)C1(F)F.c1cc[nH]c1.c1ccc2ccccc2c1. The van der Waals surface area contributed by atoms with E-state index < -0.39 is 29.4 Å². The van der Waals surface area contributed by atoms with Crippen LogP contribution in [0.3, 0.4) is 0 Å². The summed E-state index contributed by atoms with van der Waals surface area (Å²) in [5, 5.41) is 2.62. The van der Waals surface area contributed by atoms with Gasteiger partial charge in [0.2, 0.25) is 11.7 Å². The van der Waals surface area contributed by atoms with E-state index in [9.17, 15) is 35.1 Å². The number of allylic oxidation sites excluding steroid dienone is 2. The van der Waals surface area contributed by atoms with Crippen molar-refractivity contribution in [1.82, 2.24) is 4.98 Å². The summed E-state index contributed by atoms with van der Waals surface area (Å²) in [4.78, 5) is 2.86. The van der Waals surface area contributed by atoms with Gasteiger partial charge in [0, 0.05) is 12.4 Å². The van der Waals surface area contributed by atoms with Gasteiger partial charge in [-0.05, 0) is 22.9 Å². The number of halogens is 8. The number of nitrogens with one attached hydrogen (secondary N) is 1. The van der Waals surface area contributed by atoms with Crippen LogP contribution in [0.4, 0.5) is 35.1 Å². The summed E-state index contributed by atoms with van der Waals surface area (Å²) in [7, 11) is 0. The van der Waals surface area contributed by atoms with E-state index in [1.807, 2.05) is 24.5 Å². The minimum absolute atomic E-state index is 1.31.